The maximum atomic E-state index is 12.6. The monoisotopic (exact) mass is 293 g/mol. The van der Waals surface area contributed by atoms with Crippen LogP contribution in [0, 0.1) is 10.1 Å². The van der Waals surface area contributed by atoms with Crippen molar-refractivity contribution >= 4 is 17.3 Å². The SMILES string of the molecule is CCC1CN(C(=O)c2cccc([N+](=O)[O-])c2NC)CCO1. The number of nitrogens with one attached hydrogen (secondary N) is 1. The molecule has 0 spiro atoms. The van der Waals surface area contributed by atoms with E-state index in [1.165, 1.54) is 12.1 Å². The second-order valence-electron chi connectivity index (χ2n) is 4.86. The van der Waals surface area contributed by atoms with Gasteiger partial charge in [0, 0.05) is 26.2 Å². The lowest BCUT2D eigenvalue weighted by Crippen LogP contribution is -2.45. The molecule has 0 aliphatic carbocycles. The minimum absolute atomic E-state index is 0.0273. The number of nitro benzene ring substituents is 1. The van der Waals surface area contributed by atoms with E-state index in [2.05, 4.69) is 5.32 Å². The summed E-state index contributed by atoms with van der Waals surface area (Å²) in [5, 5.41) is 13.8. The summed E-state index contributed by atoms with van der Waals surface area (Å²) in [6.45, 7) is 3.52. The molecule has 0 bridgehead atoms. The molecule has 0 aromatic heterocycles. The third-order valence-electron chi connectivity index (χ3n) is 3.60. The molecule has 1 aromatic carbocycles. The molecule has 1 amide bonds. The number of nitrogens with zero attached hydrogens (tertiary/aromatic N) is 2. The first-order chi connectivity index (χ1) is 10.1. The van der Waals surface area contributed by atoms with Crippen LogP contribution in [0.4, 0.5) is 11.4 Å². The van der Waals surface area contributed by atoms with Crippen LogP contribution >= 0.6 is 0 Å². The number of amides is 1. The number of hydrogen-bond acceptors (Lipinski definition) is 5. The van der Waals surface area contributed by atoms with E-state index in [4.69, 9.17) is 4.74 Å². The second-order valence-corrected chi connectivity index (χ2v) is 4.86. The number of nitro groups is 1. The van der Waals surface area contributed by atoms with Crippen molar-refractivity contribution in [1.29, 1.82) is 0 Å². The van der Waals surface area contributed by atoms with E-state index in [0.717, 1.165) is 6.42 Å². The van der Waals surface area contributed by atoms with Crippen LogP contribution in [-0.2, 0) is 4.74 Å². The number of rotatable bonds is 4. The van der Waals surface area contributed by atoms with Gasteiger partial charge in [-0.1, -0.05) is 13.0 Å². The molecule has 1 saturated heterocycles. The number of para-hydroxylation sites is 1. The number of benzene rings is 1. The standard InChI is InChI=1S/C14H19N3O4/c1-3-10-9-16(7-8-21-10)14(18)11-5-4-6-12(17(19)20)13(11)15-2/h4-6,10,15H,3,7-9H2,1-2H3. The summed E-state index contributed by atoms with van der Waals surface area (Å²) >= 11 is 0. The van der Waals surface area contributed by atoms with Gasteiger partial charge in [-0.3, -0.25) is 14.9 Å². The zero-order chi connectivity index (χ0) is 15.4. The van der Waals surface area contributed by atoms with Crippen molar-refractivity contribution in [1.82, 2.24) is 4.90 Å². The topological polar surface area (TPSA) is 84.7 Å². The Balaban J connectivity index is 2.30. The van der Waals surface area contributed by atoms with Crippen LogP contribution in [0.3, 0.4) is 0 Å². The van der Waals surface area contributed by atoms with Gasteiger partial charge in [0.1, 0.15) is 5.69 Å². The molecule has 1 N–H and O–H groups in total. The maximum Gasteiger partial charge on any atom is 0.293 e. The smallest absolute Gasteiger partial charge is 0.293 e. The van der Waals surface area contributed by atoms with Gasteiger partial charge in [-0.25, -0.2) is 0 Å². The highest BCUT2D eigenvalue weighted by molar-refractivity contribution is 6.01. The summed E-state index contributed by atoms with van der Waals surface area (Å²) in [5.74, 6) is -0.204. The largest absolute Gasteiger partial charge is 0.382 e. The fourth-order valence-electron chi connectivity index (χ4n) is 2.45. The lowest BCUT2D eigenvalue weighted by molar-refractivity contribution is -0.384. The molecule has 7 heteroatoms. The molecule has 1 atom stereocenters. The zero-order valence-corrected chi connectivity index (χ0v) is 12.2. The van der Waals surface area contributed by atoms with Crippen molar-refractivity contribution in [3.63, 3.8) is 0 Å². The first-order valence-electron chi connectivity index (χ1n) is 6.94. The maximum absolute atomic E-state index is 12.6. The number of carbonyl (C=O) groups excluding carboxylic acids is 1. The van der Waals surface area contributed by atoms with Crippen LogP contribution in [0.5, 0.6) is 0 Å². The van der Waals surface area contributed by atoms with E-state index >= 15 is 0 Å². The summed E-state index contributed by atoms with van der Waals surface area (Å²) in [4.78, 5) is 24.9. The van der Waals surface area contributed by atoms with Gasteiger partial charge in [0.2, 0.25) is 0 Å². The summed E-state index contributed by atoms with van der Waals surface area (Å²) in [6, 6.07) is 4.53. The van der Waals surface area contributed by atoms with Crippen molar-refractivity contribution in [3.05, 3.63) is 33.9 Å². The van der Waals surface area contributed by atoms with Crippen LogP contribution in [0.25, 0.3) is 0 Å². The Kier molecular flexibility index (Phi) is 4.74. The minimum Gasteiger partial charge on any atom is -0.382 e. The first-order valence-corrected chi connectivity index (χ1v) is 6.94. The highest BCUT2D eigenvalue weighted by Crippen LogP contribution is 2.29. The molecule has 1 heterocycles. The Morgan fingerprint density at radius 2 is 2.33 bits per heavy atom. The second kappa shape index (κ2) is 6.53. The van der Waals surface area contributed by atoms with Gasteiger partial charge in [-0.15, -0.1) is 0 Å². The number of morpholine rings is 1. The number of hydrogen-bond donors (Lipinski definition) is 1. The Bertz CT molecular complexity index is 547. The van der Waals surface area contributed by atoms with Crippen molar-refractivity contribution in [2.75, 3.05) is 32.1 Å². The molecule has 1 fully saturated rings. The third-order valence-corrected chi connectivity index (χ3v) is 3.60. The van der Waals surface area contributed by atoms with E-state index in [-0.39, 0.29) is 23.4 Å². The van der Waals surface area contributed by atoms with Gasteiger partial charge < -0.3 is 15.0 Å². The van der Waals surface area contributed by atoms with Crippen molar-refractivity contribution in [3.8, 4) is 0 Å². The predicted octanol–water partition coefficient (Wildman–Crippen LogP) is 1.89. The normalized spacial score (nSPS) is 18.4. The number of ether oxygens (including phenoxy) is 1. The molecular weight excluding hydrogens is 274 g/mol. The van der Waals surface area contributed by atoms with Gasteiger partial charge in [-0.05, 0) is 12.5 Å². The lowest BCUT2D eigenvalue weighted by atomic mass is 10.1. The molecule has 7 nitrogen and oxygen atoms in total. The summed E-state index contributed by atoms with van der Waals surface area (Å²) in [5.41, 5.74) is 0.485. The molecular formula is C14H19N3O4. The Morgan fingerprint density at radius 3 is 2.95 bits per heavy atom. The molecule has 1 aromatic rings. The first kappa shape index (κ1) is 15.2. The summed E-state index contributed by atoms with van der Waals surface area (Å²) < 4.78 is 5.54. The number of anilines is 1. The fourth-order valence-corrected chi connectivity index (χ4v) is 2.45. The minimum atomic E-state index is -0.489. The van der Waals surface area contributed by atoms with E-state index in [1.807, 2.05) is 6.92 Å². The lowest BCUT2D eigenvalue weighted by Gasteiger charge is -2.32. The van der Waals surface area contributed by atoms with E-state index in [1.54, 1.807) is 18.0 Å². The van der Waals surface area contributed by atoms with E-state index in [9.17, 15) is 14.9 Å². The highest BCUT2D eigenvalue weighted by Gasteiger charge is 2.28. The average molecular weight is 293 g/mol. The van der Waals surface area contributed by atoms with Crippen LogP contribution in [0.2, 0.25) is 0 Å². The quantitative estimate of drug-likeness (QED) is 0.677. The van der Waals surface area contributed by atoms with E-state index < -0.39 is 4.92 Å². The van der Waals surface area contributed by atoms with Gasteiger partial charge in [-0.2, -0.15) is 0 Å². The summed E-state index contributed by atoms with van der Waals surface area (Å²) in [7, 11) is 1.58. The fraction of sp³-hybridized carbons (Fsp3) is 0.500. The van der Waals surface area contributed by atoms with E-state index in [0.29, 0.717) is 25.3 Å². The molecule has 2 rings (SSSR count). The predicted molar refractivity (Wildman–Crippen MR) is 78.6 cm³/mol. The van der Waals surface area contributed by atoms with Crippen LogP contribution in [0.1, 0.15) is 23.7 Å². The third kappa shape index (κ3) is 3.13. The summed E-state index contributed by atoms with van der Waals surface area (Å²) in [6.07, 6.45) is 0.858. The highest BCUT2D eigenvalue weighted by atomic mass is 16.6. The van der Waals surface area contributed by atoms with Gasteiger partial charge >= 0.3 is 0 Å². The Labute approximate surface area is 123 Å². The Morgan fingerprint density at radius 1 is 1.57 bits per heavy atom. The van der Waals surface area contributed by atoms with Gasteiger partial charge in [0.15, 0.2) is 0 Å². The average Bonchev–Trinajstić information content (AvgIpc) is 2.53. The molecule has 0 radical (unpaired) electrons. The van der Waals surface area contributed by atoms with Crippen LogP contribution < -0.4 is 5.32 Å². The van der Waals surface area contributed by atoms with Gasteiger partial charge in [0.05, 0.1) is 23.2 Å². The Hall–Kier alpha value is -2.15. The molecule has 1 aliphatic rings. The molecule has 0 saturated carbocycles. The van der Waals surface area contributed by atoms with Crippen LogP contribution in [-0.4, -0.2) is 48.6 Å². The van der Waals surface area contributed by atoms with Gasteiger partial charge in [0.25, 0.3) is 11.6 Å². The molecule has 1 aliphatic heterocycles. The van der Waals surface area contributed by atoms with Crippen molar-refractivity contribution in [2.45, 2.75) is 19.4 Å². The van der Waals surface area contributed by atoms with Crippen molar-refractivity contribution in [2.24, 2.45) is 0 Å². The van der Waals surface area contributed by atoms with Crippen molar-refractivity contribution < 1.29 is 14.5 Å². The molecule has 21 heavy (non-hydrogen) atoms. The number of carbonyl (C=O) groups is 1. The molecule has 1 unspecified atom stereocenters. The van der Waals surface area contributed by atoms with Crippen LogP contribution in [0.15, 0.2) is 18.2 Å². The molecule has 114 valence electrons. The zero-order valence-electron chi connectivity index (χ0n) is 12.2.